The van der Waals surface area contributed by atoms with Gasteiger partial charge in [-0.25, -0.2) is 0 Å². The van der Waals surface area contributed by atoms with Crippen molar-refractivity contribution in [3.05, 3.63) is 0 Å². The van der Waals surface area contributed by atoms with Crippen molar-refractivity contribution < 1.29 is 4.79 Å². The van der Waals surface area contributed by atoms with Crippen molar-refractivity contribution in [3.8, 4) is 0 Å². The molecule has 3 N–H and O–H groups in total. The van der Waals surface area contributed by atoms with Crippen LogP contribution >= 0.6 is 0 Å². The molecule has 0 aromatic rings. The normalized spacial score (nSPS) is 29.3. The number of hydrogen-bond acceptors (Lipinski definition) is 2. The third kappa shape index (κ3) is 5.52. The third-order valence-corrected chi connectivity index (χ3v) is 4.51. The Kier molecular flexibility index (Phi) is 6.84. The van der Waals surface area contributed by atoms with E-state index in [1.165, 1.54) is 12.8 Å². The number of rotatable bonds is 6. The fourth-order valence-electron chi connectivity index (χ4n) is 3.02. The van der Waals surface area contributed by atoms with E-state index < -0.39 is 0 Å². The van der Waals surface area contributed by atoms with Gasteiger partial charge in [0.15, 0.2) is 0 Å². The highest BCUT2D eigenvalue weighted by Crippen LogP contribution is 2.29. The molecule has 0 spiro atoms. The smallest absolute Gasteiger partial charge is 0.223 e. The van der Waals surface area contributed by atoms with Gasteiger partial charge in [-0.1, -0.05) is 40.0 Å². The van der Waals surface area contributed by atoms with Crippen molar-refractivity contribution >= 4 is 5.91 Å². The predicted octanol–water partition coefficient (Wildman–Crippen LogP) is 3.08. The van der Waals surface area contributed by atoms with Gasteiger partial charge in [0.1, 0.15) is 0 Å². The molecule has 1 amide bonds. The molecule has 1 saturated carbocycles. The van der Waals surface area contributed by atoms with Crippen molar-refractivity contribution in [3.63, 3.8) is 0 Å². The van der Waals surface area contributed by atoms with E-state index in [0.29, 0.717) is 5.92 Å². The lowest BCUT2D eigenvalue weighted by Gasteiger charge is -2.33. The highest BCUT2D eigenvalue weighted by atomic mass is 16.1. The Hall–Kier alpha value is -0.570. The maximum Gasteiger partial charge on any atom is 0.223 e. The van der Waals surface area contributed by atoms with Gasteiger partial charge < -0.3 is 11.1 Å². The second kappa shape index (κ2) is 7.88. The van der Waals surface area contributed by atoms with Gasteiger partial charge in [0.2, 0.25) is 5.91 Å². The molecular formula is C16H32N2O. The fourth-order valence-corrected chi connectivity index (χ4v) is 3.02. The van der Waals surface area contributed by atoms with Crippen LogP contribution in [0.25, 0.3) is 0 Å². The van der Waals surface area contributed by atoms with E-state index in [1.54, 1.807) is 0 Å². The number of nitrogens with two attached hydrogens (primary N) is 1. The molecule has 0 heterocycles. The summed E-state index contributed by atoms with van der Waals surface area (Å²) in [6, 6.07) is 0.484. The van der Waals surface area contributed by atoms with Gasteiger partial charge in [-0.2, -0.15) is 0 Å². The number of amides is 1. The SMILES string of the molecule is CC(C)CCCC(C)NC(=O)C1CCCC(N)C1C. The molecule has 0 aliphatic heterocycles. The zero-order valence-corrected chi connectivity index (χ0v) is 13.1. The quantitative estimate of drug-likeness (QED) is 0.778. The van der Waals surface area contributed by atoms with Gasteiger partial charge in [-0.05, 0) is 38.0 Å². The van der Waals surface area contributed by atoms with Crippen LogP contribution in [0.5, 0.6) is 0 Å². The van der Waals surface area contributed by atoms with E-state index in [1.807, 2.05) is 0 Å². The molecule has 4 unspecified atom stereocenters. The Morgan fingerprint density at radius 1 is 1.26 bits per heavy atom. The molecule has 1 aliphatic rings. The van der Waals surface area contributed by atoms with Gasteiger partial charge in [0, 0.05) is 18.0 Å². The maximum atomic E-state index is 12.3. The van der Waals surface area contributed by atoms with Crippen LogP contribution in [0.2, 0.25) is 0 Å². The lowest BCUT2D eigenvalue weighted by atomic mass is 9.77. The molecule has 0 aromatic heterocycles. The van der Waals surface area contributed by atoms with Crippen LogP contribution in [-0.4, -0.2) is 18.0 Å². The Labute approximate surface area is 118 Å². The molecule has 1 fully saturated rings. The monoisotopic (exact) mass is 268 g/mol. The summed E-state index contributed by atoms with van der Waals surface area (Å²) in [6.07, 6.45) is 6.67. The first kappa shape index (κ1) is 16.5. The molecule has 112 valence electrons. The van der Waals surface area contributed by atoms with Crippen LogP contribution in [0.4, 0.5) is 0 Å². The highest BCUT2D eigenvalue weighted by Gasteiger charge is 2.32. The molecule has 0 saturated heterocycles. The number of carbonyl (C=O) groups is 1. The summed E-state index contributed by atoms with van der Waals surface area (Å²) < 4.78 is 0. The van der Waals surface area contributed by atoms with E-state index in [4.69, 9.17) is 5.73 Å². The Bertz CT molecular complexity index is 278. The Morgan fingerprint density at radius 2 is 1.95 bits per heavy atom. The van der Waals surface area contributed by atoms with Crippen molar-refractivity contribution in [2.75, 3.05) is 0 Å². The molecular weight excluding hydrogens is 236 g/mol. The Morgan fingerprint density at radius 3 is 2.58 bits per heavy atom. The van der Waals surface area contributed by atoms with Crippen LogP contribution in [0.3, 0.4) is 0 Å². The number of nitrogens with one attached hydrogen (secondary N) is 1. The van der Waals surface area contributed by atoms with Gasteiger partial charge in [-0.3, -0.25) is 4.79 Å². The molecule has 1 rings (SSSR count). The van der Waals surface area contributed by atoms with E-state index >= 15 is 0 Å². The minimum atomic E-state index is 0.122. The van der Waals surface area contributed by atoms with Gasteiger partial charge in [0.05, 0.1) is 0 Å². The van der Waals surface area contributed by atoms with Crippen molar-refractivity contribution in [2.45, 2.75) is 78.3 Å². The predicted molar refractivity (Wildman–Crippen MR) is 80.8 cm³/mol. The van der Waals surface area contributed by atoms with Crippen LogP contribution in [0.1, 0.15) is 66.2 Å². The average molecular weight is 268 g/mol. The van der Waals surface area contributed by atoms with Crippen LogP contribution in [0.15, 0.2) is 0 Å². The summed E-state index contributed by atoms with van der Waals surface area (Å²) in [7, 11) is 0. The fraction of sp³-hybridized carbons (Fsp3) is 0.938. The summed E-state index contributed by atoms with van der Waals surface area (Å²) in [5, 5.41) is 3.18. The van der Waals surface area contributed by atoms with Crippen LogP contribution < -0.4 is 11.1 Å². The summed E-state index contributed by atoms with van der Waals surface area (Å²) >= 11 is 0. The van der Waals surface area contributed by atoms with Crippen LogP contribution in [0, 0.1) is 17.8 Å². The minimum absolute atomic E-state index is 0.122. The number of hydrogen-bond donors (Lipinski definition) is 2. The summed E-state index contributed by atoms with van der Waals surface area (Å²) in [6.45, 7) is 8.73. The topological polar surface area (TPSA) is 55.1 Å². The van der Waals surface area contributed by atoms with Gasteiger partial charge >= 0.3 is 0 Å². The molecule has 0 bridgehead atoms. The standard InChI is InChI=1S/C16H32N2O/c1-11(2)7-5-8-12(3)18-16(19)14-9-6-10-15(17)13(14)4/h11-15H,5-10,17H2,1-4H3,(H,18,19). The Balaban J connectivity index is 2.32. The molecule has 3 heteroatoms. The van der Waals surface area contributed by atoms with Crippen LogP contribution in [-0.2, 0) is 4.79 Å². The summed E-state index contributed by atoms with van der Waals surface area (Å²) in [4.78, 5) is 12.3. The van der Waals surface area contributed by atoms with E-state index in [-0.39, 0.29) is 23.9 Å². The minimum Gasteiger partial charge on any atom is -0.353 e. The molecule has 19 heavy (non-hydrogen) atoms. The van der Waals surface area contributed by atoms with Crippen molar-refractivity contribution in [2.24, 2.45) is 23.5 Å². The summed E-state index contributed by atoms with van der Waals surface area (Å²) in [5.41, 5.74) is 6.07. The lowest BCUT2D eigenvalue weighted by Crippen LogP contribution is -2.46. The van der Waals surface area contributed by atoms with E-state index in [0.717, 1.165) is 31.6 Å². The first-order chi connectivity index (χ1) is 8.91. The molecule has 3 nitrogen and oxygen atoms in total. The maximum absolute atomic E-state index is 12.3. The summed E-state index contributed by atoms with van der Waals surface area (Å²) in [5.74, 6) is 1.41. The largest absolute Gasteiger partial charge is 0.353 e. The highest BCUT2D eigenvalue weighted by molar-refractivity contribution is 5.79. The van der Waals surface area contributed by atoms with Gasteiger partial charge in [0.25, 0.3) is 0 Å². The van der Waals surface area contributed by atoms with Crippen molar-refractivity contribution in [1.29, 1.82) is 0 Å². The zero-order chi connectivity index (χ0) is 14.4. The molecule has 0 aromatic carbocycles. The van der Waals surface area contributed by atoms with E-state index in [2.05, 4.69) is 33.0 Å². The first-order valence-corrected chi connectivity index (χ1v) is 7.97. The average Bonchev–Trinajstić information content (AvgIpc) is 2.31. The molecule has 0 radical (unpaired) electrons. The van der Waals surface area contributed by atoms with E-state index in [9.17, 15) is 4.79 Å². The second-order valence-electron chi connectivity index (χ2n) is 6.79. The van der Waals surface area contributed by atoms with Crippen molar-refractivity contribution in [1.82, 2.24) is 5.32 Å². The molecule has 4 atom stereocenters. The lowest BCUT2D eigenvalue weighted by molar-refractivity contribution is -0.128. The zero-order valence-electron chi connectivity index (χ0n) is 13.1. The number of carbonyl (C=O) groups excluding carboxylic acids is 1. The first-order valence-electron chi connectivity index (χ1n) is 7.97. The third-order valence-electron chi connectivity index (χ3n) is 4.51. The second-order valence-corrected chi connectivity index (χ2v) is 6.79. The molecule has 1 aliphatic carbocycles. The van der Waals surface area contributed by atoms with Gasteiger partial charge in [-0.15, -0.1) is 0 Å².